The molecule has 0 aliphatic carbocycles. The molecule has 3 rings (SSSR count). The third kappa shape index (κ3) is 5.64. The van der Waals surface area contributed by atoms with Gasteiger partial charge in [-0.3, -0.25) is 4.98 Å². The van der Waals surface area contributed by atoms with Gasteiger partial charge >= 0.3 is 0 Å². The van der Waals surface area contributed by atoms with Crippen molar-refractivity contribution in [3.05, 3.63) is 71.9 Å². The van der Waals surface area contributed by atoms with E-state index in [-0.39, 0.29) is 0 Å². The first-order valence-electron chi connectivity index (χ1n) is 9.19. The molecule has 0 bridgehead atoms. The predicted octanol–water partition coefficient (Wildman–Crippen LogP) is 6.11. The van der Waals surface area contributed by atoms with Gasteiger partial charge in [0.2, 0.25) is 0 Å². The molecule has 1 heterocycles. The van der Waals surface area contributed by atoms with Gasteiger partial charge in [-0.1, -0.05) is 38.1 Å². The van der Waals surface area contributed by atoms with Crippen LogP contribution in [0.3, 0.4) is 0 Å². The highest BCUT2D eigenvalue weighted by molar-refractivity contribution is 6.16. The van der Waals surface area contributed by atoms with E-state index in [4.69, 9.17) is 25.8 Å². The van der Waals surface area contributed by atoms with Gasteiger partial charge in [-0.15, -0.1) is 11.6 Å². The molecule has 148 valence electrons. The number of para-hydroxylation sites is 1. The molecule has 3 aromatic rings. The van der Waals surface area contributed by atoms with Gasteiger partial charge < -0.3 is 14.2 Å². The molecule has 2 aromatic carbocycles. The first kappa shape index (κ1) is 21.6. The summed E-state index contributed by atoms with van der Waals surface area (Å²) in [6, 6.07) is 19.3. The summed E-state index contributed by atoms with van der Waals surface area (Å²) in [5.74, 6) is 2.60. The number of halogens is 1. The molecule has 5 heteroatoms. The maximum Gasteiger partial charge on any atom is 0.128 e. The normalized spacial score (nSPS) is 9.89. The van der Waals surface area contributed by atoms with Crippen LogP contribution >= 0.6 is 11.6 Å². The van der Waals surface area contributed by atoms with Crippen LogP contribution in [-0.2, 0) is 12.5 Å². The number of hydrogen-bond donors (Lipinski definition) is 0. The highest BCUT2D eigenvalue weighted by Gasteiger charge is 2.10. The van der Waals surface area contributed by atoms with Crippen LogP contribution in [0.25, 0.3) is 11.3 Å². The Hall–Kier alpha value is -2.72. The van der Waals surface area contributed by atoms with Crippen molar-refractivity contribution in [3.63, 3.8) is 0 Å². The van der Waals surface area contributed by atoms with Crippen molar-refractivity contribution in [3.8, 4) is 28.5 Å². The lowest BCUT2D eigenvalue weighted by Crippen LogP contribution is -1.99. The molecule has 1 aromatic heterocycles. The van der Waals surface area contributed by atoms with Gasteiger partial charge in [0.15, 0.2) is 0 Å². The van der Waals surface area contributed by atoms with Crippen molar-refractivity contribution in [1.29, 1.82) is 0 Å². The van der Waals surface area contributed by atoms with E-state index in [0.29, 0.717) is 18.2 Å². The number of methoxy groups -OCH3 is 2. The van der Waals surface area contributed by atoms with Gasteiger partial charge in [0.25, 0.3) is 0 Å². The molecular weight excluding hydrogens is 374 g/mol. The largest absolute Gasteiger partial charge is 0.497 e. The Morgan fingerprint density at radius 2 is 1.57 bits per heavy atom. The average Bonchev–Trinajstić information content (AvgIpc) is 2.79. The van der Waals surface area contributed by atoms with Gasteiger partial charge in [0.1, 0.15) is 23.9 Å². The molecule has 0 radical (unpaired) electrons. The summed E-state index contributed by atoms with van der Waals surface area (Å²) < 4.78 is 16.6. The van der Waals surface area contributed by atoms with E-state index in [1.165, 1.54) is 0 Å². The highest BCUT2D eigenvalue weighted by Crippen LogP contribution is 2.31. The van der Waals surface area contributed by atoms with E-state index >= 15 is 0 Å². The number of benzene rings is 2. The number of ether oxygens (including phenoxy) is 3. The highest BCUT2D eigenvalue weighted by atomic mass is 35.5. The quantitative estimate of drug-likeness (QED) is 0.449. The molecule has 0 fully saturated rings. The molecule has 0 aliphatic rings. The topological polar surface area (TPSA) is 40.6 Å². The Labute approximate surface area is 172 Å². The lowest BCUT2D eigenvalue weighted by Gasteiger charge is -2.12. The van der Waals surface area contributed by atoms with Crippen molar-refractivity contribution >= 4 is 11.6 Å². The molecule has 0 unspecified atom stereocenters. The first-order chi connectivity index (χ1) is 13.7. The molecular formula is C23H26ClNO3. The SMILES string of the molecule is CC.COc1ccc(COc2cc(CCl)nc(-c3ccccc3OC)c2)cc1. The molecule has 0 saturated carbocycles. The Morgan fingerprint density at radius 3 is 2.21 bits per heavy atom. The van der Waals surface area contributed by atoms with Crippen LogP contribution in [0.1, 0.15) is 25.1 Å². The molecule has 4 nitrogen and oxygen atoms in total. The summed E-state index contributed by atoms with van der Waals surface area (Å²) in [6.45, 7) is 4.45. The Balaban J connectivity index is 0.00000136. The first-order valence-corrected chi connectivity index (χ1v) is 9.73. The minimum absolute atomic E-state index is 0.307. The van der Waals surface area contributed by atoms with Crippen LogP contribution in [0.15, 0.2) is 60.7 Å². The minimum atomic E-state index is 0.307. The van der Waals surface area contributed by atoms with Crippen molar-refractivity contribution in [2.24, 2.45) is 0 Å². The van der Waals surface area contributed by atoms with E-state index in [1.807, 2.05) is 74.5 Å². The summed E-state index contributed by atoms with van der Waals surface area (Å²) in [6.07, 6.45) is 0. The predicted molar refractivity (Wildman–Crippen MR) is 114 cm³/mol. The van der Waals surface area contributed by atoms with E-state index in [2.05, 4.69) is 4.98 Å². The van der Waals surface area contributed by atoms with Gasteiger partial charge in [0, 0.05) is 17.7 Å². The van der Waals surface area contributed by atoms with E-state index in [1.54, 1.807) is 14.2 Å². The lowest BCUT2D eigenvalue weighted by molar-refractivity contribution is 0.305. The van der Waals surface area contributed by atoms with Crippen molar-refractivity contribution in [2.75, 3.05) is 14.2 Å². The molecule has 28 heavy (non-hydrogen) atoms. The molecule has 0 amide bonds. The van der Waals surface area contributed by atoms with E-state index < -0.39 is 0 Å². The zero-order valence-corrected chi connectivity index (χ0v) is 17.5. The summed E-state index contributed by atoms with van der Waals surface area (Å²) in [5, 5.41) is 0. The van der Waals surface area contributed by atoms with Gasteiger partial charge in [-0.2, -0.15) is 0 Å². The maximum absolute atomic E-state index is 6.02. The number of hydrogen-bond acceptors (Lipinski definition) is 4. The zero-order chi connectivity index (χ0) is 20.4. The minimum Gasteiger partial charge on any atom is -0.497 e. The Morgan fingerprint density at radius 1 is 0.857 bits per heavy atom. The van der Waals surface area contributed by atoms with E-state index in [0.717, 1.165) is 34.0 Å². The van der Waals surface area contributed by atoms with Gasteiger partial charge in [-0.05, 0) is 29.8 Å². The fourth-order valence-corrected chi connectivity index (χ4v) is 2.73. The molecule has 0 atom stereocenters. The average molecular weight is 400 g/mol. The number of rotatable bonds is 7. The van der Waals surface area contributed by atoms with Crippen LogP contribution in [0, 0.1) is 0 Å². The monoisotopic (exact) mass is 399 g/mol. The number of pyridine rings is 1. The number of alkyl halides is 1. The fourth-order valence-electron chi connectivity index (χ4n) is 2.59. The van der Waals surface area contributed by atoms with Gasteiger partial charge in [-0.25, -0.2) is 0 Å². The van der Waals surface area contributed by atoms with Crippen LogP contribution in [0.2, 0.25) is 0 Å². The number of aromatic nitrogens is 1. The summed E-state index contributed by atoms with van der Waals surface area (Å²) in [5.41, 5.74) is 3.47. The maximum atomic E-state index is 6.02. The molecule has 0 N–H and O–H groups in total. The Bertz CT molecular complexity index is 866. The van der Waals surface area contributed by atoms with Crippen LogP contribution in [-0.4, -0.2) is 19.2 Å². The summed E-state index contributed by atoms with van der Waals surface area (Å²) >= 11 is 6.02. The van der Waals surface area contributed by atoms with Crippen LogP contribution in [0.5, 0.6) is 17.2 Å². The third-order valence-corrected chi connectivity index (χ3v) is 4.21. The van der Waals surface area contributed by atoms with Gasteiger partial charge in [0.05, 0.1) is 31.5 Å². The van der Waals surface area contributed by atoms with Crippen molar-refractivity contribution in [2.45, 2.75) is 26.3 Å². The molecule has 0 saturated heterocycles. The zero-order valence-electron chi connectivity index (χ0n) is 16.7. The summed E-state index contributed by atoms with van der Waals surface area (Å²) in [4.78, 5) is 4.60. The molecule has 0 aliphatic heterocycles. The lowest BCUT2D eigenvalue weighted by atomic mass is 10.1. The standard InChI is InChI=1S/C21H20ClNO3.C2H6/c1-24-17-9-7-15(8-10-17)14-26-18-11-16(13-22)23-20(12-18)19-5-3-4-6-21(19)25-2;1-2/h3-12H,13-14H2,1-2H3;1-2H3. The second-order valence-electron chi connectivity index (χ2n) is 5.65. The van der Waals surface area contributed by atoms with Crippen LogP contribution in [0.4, 0.5) is 0 Å². The second kappa shape index (κ2) is 11.2. The smallest absolute Gasteiger partial charge is 0.128 e. The van der Waals surface area contributed by atoms with Crippen LogP contribution < -0.4 is 14.2 Å². The number of nitrogens with zero attached hydrogens (tertiary/aromatic N) is 1. The fraction of sp³-hybridized carbons (Fsp3) is 0.261. The molecule has 0 spiro atoms. The second-order valence-corrected chi connectivity index (χ2v) is 5.92. The summed E-state index contributed by atoms with van der Waals surface area (Å²) in [7, 11) is 3.29. The van der Waals surface area contributed by atoms with E-state index in [9.17, 15) is 0 Å². The van der Waals surface area contributed by atoms with Crippen molar-refractivity contribution in [1.82, 2.24) is 4.98 Å². The Kier molecular flexibility index (Phi) is 8.63. The third-order valence-electron chi connectivity index (χ3n) is 3.94. The van der Waals surface area contributed by atoms with Crippen molar-refractivity contribution < 1.29 is 14.2 Å².